The molecule has 0 aliphatic carbocycles. The molecule has 2 aromatic rings. The van der Waals surface area contributed by atoms with Crippen LogP contribution in [0.1, 0.15) is 0 Å². The van der Waals surface area contributed by atoms with Crippen LogP contribution in [0, 0.1) is 0 Å². The Morgan fingerprint density at radius 3 is 1.71 bits per heavy atom. The fourth-order valence-electron chi connectivity index (χ4n) is 0.898. The molecular formula is C12H9Cl3SZn. The molecule has 0 spiro atoms. The number of benzene rings is 2. The van der Waals surface area contributed by atoms with Crippen LogP contribution in [-0.2, 0) is 19.5 Å². The van der Waals surface area contributed by atoms with Gasteiger partial charge in [0.2, 0.25) is 0 Å². The summed E-state index contributed by atoms with van der Waals surface area (Å²) >= 11 is 20.8. The molecule has 17 heavy (non-hydrogen) atoms. The zero-order valence-electron chi connectivity index (χ0n) is 8.91. The van der Waals surface area contributed by atoms with E-state index in [1.165, 1.54) is 0 Å². The second-order valence-corrected chi connectivity index (χ2v) is 4.66. The molecule has 0 amide bonds. The summed E-state index contributed by atoms with van der Waals surface area (Å²) in [6.07, 6.45) is 0. The summed E-state index contributed by atoms with van der Waals surface area (Å²) in [5, 5.41) is 1.62. The number of thiol groups is 1. The quantitative estimate of drug-likeness (QED) is 0.353. The van der Waals surface area contributed by atoms with Crippen molar-refractivity contribution in [3.63, 3.8) is 0 Å². The SMILES string of the molecule is Clc1ccc(Cl)c(Cl)c1.Sc1ccccc1.[Zn]. The summed E-state index contributed by atoms with van der Waals surface area (Å²) in [7, 11) is 0. The fourth-order valence-corrected chi connectivity index (χ4v) is 1.60. The summed E-state index contributed by atoms with van der Waals surface area (Å²) in [4.78, 5) is 1.02. The van der Waals surface area contributed by atoms with Crippen LogP contribution in [0.5, 0.6) is 0 Å². The van der Waals surface area contributed by atoms with Gasteiger partial charge in [0.15, 0.2) is 0 Å². The molecule has 0 bridgehead atoms. The molecule has 0 radical (unpaired) electrons. The topological polar surface area (TPSA) is 0 Å². The Kier molecular flexibility index (Phi) is 9.40. The van der Waals surface area contributed by atoms with Gasteiger partial charge in [0.1, 0.15) is 0 Å². The molecule has 0 N–H and O–H groups in total. The molecular weight excluding hydrogens is 348 g/mol. The van der Waals surface area contributed by atoms with Gasteiger partial charge >= 0.3 is 0 Å². The minimum atomic E-state index is 0. The van der Waals surface area contributed by atoms with Crippen LogP contribution in [-0.4, -0.2) is 0 Å². The smallest absolute Gasteiger partial charge is 0.0607 e. The Morgan fingerprint density at radius 2 is 1.35 bits per heavy atom. The van der Waals surface area contributed by atoms with Gasteiger partial charge in [-0.25, -0.2) is 0 Å². The predicted molar refractivity (Wildman–Crippen MR) is 75.2 cm³/mol. The Bertz CT molecular complexity index is 449. The van der Waals surface area contributed by atoms with Gasteiger partial charge in [-0.2, -0.15) is 0 Å². The van der Waals surface area contributed by atoms with Gasteiger partial charge in [-0.15, -0.1) is 12.6 Å². The van der Waals surface area contributed by atoms with Crippen LogP contribution >= 0.6 is 47.4 Å². The van der Waals surface area contributed by atoms with E-state index in [0.717, 1.165) is 4.90 Å². The third kappa shape index (κ3) is 7.33. The zero-order valence-corrected chi connectivity index (χ0v) is 15.0. The van der Waals surface area contributed by atoms with E-state index < -0.39 is 0 Å². The standard InChI is InChI=1S/C6H3Cl3.C6H6S.Zn/c7-4-1-2-5(8)6(9)3-4;7-6-4-2-1-3-5-6;/h1-3H;1-5,7H;. The maximum Gasteiger partial charge on any atom is 0.0607 e. The van der Waals surface area contributed by atoms with E-state index in [1.807, 2.05) is 30.3 Å². The first kappa shape index (κ1) is 17.3. The average molecular weight is 357 g/mol. The zero-order chi connectivity index (χ0) is 12.0. The molecule has 2 aromatic carbocycles. The molecule has 0 aliphatic rings. The molecule has 0 aliphatic heterocycles. The van der Waals surface area contributed by atoms with Crippen LogP contribution in [0.4, 0.5) is 0 Å². The minimum absolute atomic E-state index is 0. The third-order valence-corrected chi connectivity index (χ3v) is 2.91. The van der Waals surface area contributed by atoms with E-state index in [-0.39, 0.29) is 19.5 Å². The molecule has 2 rings (SSSR count). The normalized spacial score (nSPS) is 8.71. The Hall–Kier alpha value is 0.283. The first-order valence-electron chi connectivity index (χ1n) is 4.44. The summed E-state index contributed by atoms with van der Waals surface area (Å²) in [6, 6.07) is 14.7. The van der Waals surface area contributed by atoms with Gasteiger partial charge in [0.25, 0.3) is 0 Å². The van der Waals surface area contributed by atoms with E-state index >= 15 is 0 Å². The van der Waals surface area contributed by atoms with Crippen LogP contribution in [0.25, 0.3) is 0 Å². The van der Waals surface area contributed by atoms with Crippen molar-refractivity contribution in [1.29, 1.82) is 0 Å². The number of halogens is 3. The van der Waals surface area contributed by atoms with Crippen molar-refractivity contribution in [3.8, 4) is 0 Å². The van der Waals surface area contributed by atoms with Crippen molar-refractivity contribution in [2.45, 2.75) is 4.90 Å². The molecule has 0 saturated heterocycles. The van der Waals surface area contributed by atoms with E-state index in [2.05, 4.69) is 12.6 Å². The molecule has 0 atom stereocenters. The molecule has 0 aromatic heterocycles. The molecule has 0 heterocycles. The van der Waals surface area contributed by atoms with Gasteiger partial charge in [-0.3, -0.25) is 0 Å². The molecule has 0 nitrogen and oxygen atoms in total. The minimum Gasteiger partial charge on any atom is -0.143 e. The predicted octanol–water partition coefficient (Wildman–Crippen LogP) is 5.62. The first-order chi connectivity index (χ1) is 7.59. The largest absolute Gasteiger partial charge is 0.143 e. The molecule has 0 saturated carbocycles. The van der Waals surface area contributed by atoms with E-state index in [9.17, 15) is 0 Å². The first-order valence-corrected chi connectivity index (χ1v) is 6.02. The molecule has 5 heteroatoms. The van der Waals surface area contributed by atoms with Crippen LogP contribution in [0.3, 0.4) is 0 Å². The second-order valence-electron chi connectivity index (χ2n) is 2.89. The average Bonchev–Trinajstić information content (AvgIpc) is 2.26. The summed E-state index contributed by atoms with van der Waals surface area (Å²) in [6.45, 7) is 0. The van der Waals surface area contributed by atoms with Crippen molar-refractivity contribution < 1.29 is 19.5 Å². The number of rotatable bonds is 0. The van der Waals surface area contributed by atoms with Crippen molar-refractivity contribution >= 4 is 47.4 Å². The van der Waals surface area contributed by atoms with Crippen molar-refractivity contribution in [3.05, 3.63) is 63.6 Å². The van der Waals surface area contributed by atoms with Crippen molar-refractivity contribution in [2.75, 3.05) is 0 Å². The Balaban J connectivity index is 0.000000292. The molecule has 0 unspecified atom stereocenters. The van der Waals surface area contributed by atoms with Gasteiger partial charge < -0.3 is 0 Å². The van der Waals surface area contributed by atoms with Gasteiger partial charge in [0.05, 0.1) is 10.0 Å². The van der Waals surface area contributed by atoms with Crippen molar-refractivity contribution in [2.24, 2.45) is 0 Å². The summed E-state index contributed by atoms with van der Waals surface area (Å²) in [5.74, 6) is 0. The summed E-state index contributed by atoms with van der Waals surface area (Å²) < 4.78 is 0. The maximum atomic E-state index is 5.60. The Morgan fingerprint density at radius 1 is 0.765 bits per heavy atom. The third-order valence-electron chi connectivity index (χ3n) is 1.64. The van der Waals surface area contributed by atoms with Crippen LogP contribution in [0.2, 0.25) is 15.1 Å². The van der Waals surface area contributed by atoms with Crippen molar-refractivity contribution in [1.82, 2.24) is 0 Å². The molecule has 0 fully saturated rings. The van der Waals surface area contributed by atoms with E-state index in [1.54, 1.807) is 18.2 Å². The number of hydrogen-bond donors (Lipinski definition) is 1. The number of hydrogen-bond acceptors (Lipinski definition) is 1. The molecule has 86 valence electrons. The van der Waals surface area contributed by atoms with Gasteiger partial charge in [0, 0.05) is 29.4 Å². The van der Waals surface area contributed by atoms with E-state index in [4.69, 9.17) is 34.8 Å². The van der Waals surface area contributed by atoms with Crippen LogP contribution in [0.15, 0.2) is 53.4 Å². The van der Waals surface area contributed by atoms with Gasteiger partial charge in [-0.1, -0.05) is 53.0 Å². The van der Waals surface area contributed by atoms with Gasteiger partial charge in [-0.05, 0) is 30.3 Å². The Labute approximate surface area is 134 Å². The van der Waals surface area contributed by atoms with E-state index in [0.29, 0.717) is 15.1 Å². The monoisotopic (exact) mass is 354 g/mol. The van der Waals surface area contributed by atoms with Crippen LogP contribution < -0.4 is 0 Å². The summed E-state index contributed by atoms with van der Waals surface area (Å²) in [5.41, 5.74) is 0. The second kappa shape index (κ2) is 9.24. The fraction of sp³-hybridized carbons (Fsp3) is 0. The maximum absolute atomic E-state index is 5.60.